The van der Waals surface area contributed by atoms with Gasteiger partial charge >= 0.3 is 0 Å². The Labute approximate surface area is 374 Å². The lowest BCUT2D eigenvalue weighted by atomic mass is 9.70. The molecule has 12 aromatic rings. The average molecular weight is 832 g/mol. The van der Waals surface area contributed by atoms with Crippen LogP contribution in [0.15, 0.2) is 229 Å². The third-order valence-electron chi connectivity index (χ3n) is 13.9. The minimum absolute atomic E-state index is 0.558. The van der Waals surface area contributed by atoms with E-state index in [-0.39, 0.29) is 0 Å². The van der Waals surface area contributed by atoms with Crippen LogP contribution in [0, 0.1) is 0 Å². The van der Waals surface area contributed by atoms with Crippen molar-refractivity contribution in [3.8, 4) is 44.5 Å². The van der Waals surface area contributed by atoms with Crippen LogP contribution >= 0.6 is 11.3 Å². The summed E-state index contributed by atoms with van der Waals surface area (Å²) in [6.07, 6.45) is 0. The largest absolute Gasteiger partial charge is 0.455 e. The van der Waals surface area contributed by atoms with Crippen molar-refractivity contribution in [3.05, 3.63) is 247 Å². The van der Waals surface area contributed by atoms with Gasteiger partial charge in [0.25, 0.3) is 0 Å². The molecule has 1 atom stereocenters. The first-order chi connectivity index (χ1) is 31.8. The first-order valence-corrected chi connectivity index (χ1v) is 22.8. The number of hydrogen-bond acceptors (Lipinski definition) is 3. The summed E-state index contributed by atoms with van der Waals surface area (Å²) in [5.74, 6) is 0. The van der Waals surface area contributed by atoms with Crippen LogP contribution < -0.4 is 4.90 Å². The first-order valence-electron chi connectivity index (χ1n) is 22.0. The lowest BCUT2D eigenvalue weighted by molar-refractivity contribution is 0.670. The highest BCUT2D eigenvalue weighted by atomic mass is 32.1. The molecule has 10 aromatic carbocycles. The van der Waals surface area contributed by atoms with Crippen molar-refractivity contribution < 1.29 is 4.42 Å². The smallest absolute Gasteiger partial charge is 0.143 e. The Balaban J connectivity index is 1.02. The molecule has 2 nitrogen and oxygen atoms in total. The maximum Gasteiger partial charge on any atom is 0.143 e. The van der Waals surface area contributed by atoms with Crippen LogP contribution in [0.1, 0.15) is 22.3 Å². The highest BCUT2D eigenvalue weighted by Crippen LogP contribution is 2.66. The Morgan fingerprint density at radius 2 is 0.969 bits per heavy atom. The summed E-state index contributed by atoms with van der Waals surface area (Å²) in [5, 5.41) is 4.91. The van der Waals surface area contributed by atoms with Crippen molar-refractivity contribution in [2.45, 2.75) is 5.41 Å². The van der Waals surface area contributed by atoms with Crippen molar-refractivity contribution in [2.24, 2.45) is 0 Å². The molecular weight excluding hydrogens is 795 g/mol. The molecule has 0 aliphatic heterocycles. The van der Waals surface area contributed by atoms with Crippen LogP contribution in [0.3, 0.4) is 0 Å². The average Bonchev–Trinajstić information content (AvgIpc) is 4.10. The van der Waals surface area contributed by atoms with Crippen LogP contribution in [0.25, 0.3) is 86.6 Å². The number of furan rings is 1. The molecule has 0 saturated heterocycles. The van der Waals surface area contributed by atoms with Gasteiger partial charge in [-0.3, -0.25) is 0 Å². The third-order valence-corrected chi connectivity index (χ3v) is 15.1. The number of hydrogen-bond donors (Lipinski definition) is 0. The second kappa shape index (κ2) is 13.5. The lowest BCUT2D eigenvalue weighted by Crippen LogP contribution is -2.28. The van der Waals surface area contributed by atoms with E-state index in [1.54, 1.807) is 0 Å². The van der Waals surface area contributed by atoms with Crippen LogP contribution in [0.5, 0.6) is 0 Å². The lowest BCUT2D eigenvalue weighted by Gasteiger charge is -2.36. The normalized spacial score (nSPS) is 14.6. The molecule has 2 aromatic heterocycles. The number of para-hydroxylation sites is 2. The predicted molar refractivity (Wildman–Crippen MR) is 268 cm³/mol. The van der Waals surface area contributed by atoms with Gasteiger partial charge in [-0.15, -0.1) is 11.3 Å². The minimum atomic E-state index is -0.558. The van der Waals surface area contributed by atoms with Gasteiger partial charge in [0.15, 0.2) is 0 Å². The fraction of sp³-hybridized carbons (Fsp3) is 0.0164. The first kappa shape index (κ1) is 35.6. The van der Waals surface area contributed by atoms with Crippen LogP contribution in [-0.2, 0) is 5.41 Å². The van der Waals surface area contributed by atoms with Gasteiger partial charge in [-0.05, 0) is 92.5 Å². The zero-order valence-electron chi connectivity index (χ0n) is 34.6. The Hall–Kier alpha value is -7.98. The van der Waals surface area contributed by atoms with E-state index in [0.29, 0.717) is 0 Å². The van der Waals surface area contributed by atoms with Gasteiger partial charge in [0.2, 0.25) is 0 Å². The van der Waals surface area contributed by atoms with E-state index in [4.69, 9.17) is 4.42 Å². The van der Waals surface area contributed by atoms with Crippen molar-refractivity contribution in [3.63, 3.8) is 0 Å². The standard InChI is InChI=1S/C61H37NOS/c1-2-14-38(15-3-1)39-28-32-41(33-29-39)62(42-34-30-40(31-35-42)43-20-12-22-48-45-17-6-10-26-55(45)63-59(43)48)54-25-13-21-47-44-16-4-8-23-51(44)61(58(47)54)52-24-9-5-19-50(52)57-53(61)37-36-49-46-18-7-11-27-56(46)64-60(49)57/h1-37H. The van der Waals surface area contributed by atoms with Gasteiger partial charge in [0.1, 0.15) is 11.2 Å². The zero-order valence-corrected chi connectivity index (χ0v) is 35.4. The molecule has 0 N–H and O–H groups in total. The molecule has 298 valence electrons. The number of anilines is 3. The Kier molecular flexibility index (Phi) is 7.51. The van der Waals surface area contributed by atoms with E-state index < -0.39 is 5.41 Å². The number of benzene rings is 10. The molecule has 2 heterocycles. The second-order valence-electron chi connectivity index (χ2n) is 17.1. The molecule has 3 heteroatoms. The van der Waals surface area contributed by atoms with E-state index in [1.165, 1.54) is 75.8 Å². The maximum atomic E-state index is 6.53. The molecule has 1 unspecified atom stereocenters. The highest BCUT2D eigenvalue weighted by Gasteiger charge is 2.54. The van der Waals surface area contributed by atoms with Crippen molar-refractivity contribution in [1.82, 2.24) is 0 Å². The Morgan fingerprint density at radius 1 is 0.375 bits per heavy atom. The molecule has 1 spiro atoms. The molecule has 64 heavy (non-hydrogen) atoms. The van der Waals surface area contributed by atoms with E-state index in [1.807, 2.05) is 17.4 Å². The monoisotopic (exact) mass is 831 g/mol. The summed E-state index contributed by atoms with van der Waals surface area (Å²) in [5.41, 5.74) is 19.7. The summed E-state index contributed by atoms with van der Waals surface area (Å²) in [4.78, 5) is 2.49. The van der Waals surface area contributed by atoms with Gasteiger partial charge in [0.05, 0.1) is 11.1 Å². The van der Waals surface area contributed by atoms with Crippen molar-refractivity contribution in [2.75, 3.05) is 4.90 Å². The summed E-state index contributed by atoms with van der Waals surface area (Å²) < 4.78 is 9.21. The minimum Gasteiger partial charge on any atom is -0.455 e. The number of nitrogens with zero attached hydrogens (tertiary/aromatic N) is 1. The van der Waals surface area contributed by atoms with Gasteiger partial charge in [0, 0.05) is 59.0 Å². The summed E-state index contributed by atoms with van der Waals surface area (Å²) >= 11 is 1.92. The molecule has 0 saturated carbocycles. The molecule has 14 rings (SSSR count). The van der Waals surface area contributed by atoms with Crippen molar-refractivity contribution in [1.29, 1.82) is 0 Å². The van der Waals surface area contributed by atoms with Gasteiger partial charge in [-0.1, -0.05) is 182 Å². The topological polar surface area (TPSA) is 16.4 Å². The van der Waals surface area contributed by atoms with Crippen LogP contribution in [0.4, 0.5) is 17.1 Å². The SMILES string of the molecule is c1ccc(-c2ccc(N(c3ccc(-c4cccc5c4oc4ccccc45)cc3)c3cccc4c3C3(c5ccccc5-4)c4ccccc4-c4c3ccc3c4sc4ccccc43)cc2)cc1. The molecule has 0 bridgehead atoms. The van der Waals surface area contributed by atoms with E-state index >= 15 is 0 Å². The number of fused-ring (bicyclic) bond motifs is 17. The summed E-state index contributed by atoms with van der Waals surface area (Å²) in [6.45, 7) is 0. The van der Waals surface area contributed by atoms with Gasteiger partial charge < -0.3 is 9.32 Å². The van der Waals surface area contributed by atoms with Gasteiger partial charge in [-0.25, -0.2) is 0 Å². The van der Waals surface area contributed by atoms with E-state index in [9.17, 15) is 0 Å². The Bertz CT molecular complexity index is 3840. The predicted octanol–water partition coefficient (Wildman–Crippen LogP) is 17.1. The highest BCUT2D eigenvalue weighted by molar-refractivity contribution is 7.26. The Morgan fingerprint density at radius 3 is 1.78 bits per heavy atom. The number of rotatable bonds is 5. The quantitative estimate of drug-likeness (QED) is 0.172. The second-order valence-corrected chi connectivity index (χ2v) is 18.1. The van der Waals surface area contributed by atoms with Crippen LogP contribution in [-0.4, -0.2) is 0 Å². The molecule has 2 aliphatic rings. The van der Waals surface area contributed by atoms with Crippen molar-refractivity contribution >= 4 is 70.5 Å². The molecule has 0 fully saturated rings. The third kappa shape index (κ3) is 4.85. The van der Waals surface area contributed by atoms with Crippen LogP contribution in [0.2, 0.25) is 0 Å². The van der Waals surface area contributed by atoms with E-state index in [0.717, 1.165) is 50.1 Å². The summed E-state index contributed by atoms with van der Waals surface area (Å²) in [6, 6.07) is 82.7. The fourth-order valence-electron chi connectivity index (χ4n) is 11.3. The summed E-state index contributed by atoms with van der Waals surface area (Å²) in [7, 11) is 0. The fourth-order valence-corrected chi connectivity index (χ4v) is 12.5. The molecular formula is C61H37NOS. The van der Waals surface area contributed by atoms with Gasteiger partial charge in [-0.2, -0.15) is 0 Å². The number of thiophene rings is 1. The molecule has 2 aliphatic carbocycles. The molecule has 0 radical (unpaired) electrons. The van der Waals surface area contributed by atoms with E-state index in [2.05, 4.69) is 223 Å². The maximum absolute atomic E-state index is 6.53. The molecule has 0 amide bonds. The zero-order chi connectivity index (χ0) is 41.9.